The van der Waals surface area contributed by atoms with Crippen LogP contribution in [0.5, 0.6) is 5.75 Å². The number of aromatic hydroxyl groups is 1. The summed E-state index contributed by atoms with van der Waals surface area (Å²) in [7, 11) is 0. The molecule has 0 atom stereocenters. The Labute approximate surface area is 335 Å². The Morgan fingerprint density at radius 1 is 0.554 bits per heavy atom. The molecule has 0 unspecified atom stereocenters. The Hall–Kier alpha value is -5.58. The molecule has 8 rings (SSSR count). The summed E-state index contributed by atoms with van der Waals surface area (Å²) in [6.07, 6.45) is 1.85. The van der Waals surface area contributed by atoms with Gasteiger partial charge in [0.1, 0.15) is 10.8 Å². The Balaban J connectivity index is 1.28. The van der Waals surface area contributed by atoms with E-state index in [1.165, 1.54) is 33.0 Å². The van der Waals surface area contributed by atoms with Gasteiger partial charge < -0.3 is 5.11 Å². The zero-order chi connectivity index (χ0) is 39.6. The predicted molar refractivity (Wildman–Crippen MR) is 242 cm³/mol. The zero-order valence-corrected chi connectivity index (χ0v) is 34.8. The first kappa shape index (κ1) is 37.3. The van der Waals surface area contributed by atoms with Gasteiger partial charge in [0.05, 0.1) is 15.9 Å². The summed E-state index contributed by atoms with van der Waals surface area (Å²) in [5, 5.41) is 17.2. The standard InChI is InChI=1S/C52H50N2OS/c1-50(2,3)37-27-36(48(55)44(29-37)52(7,8)9)31-53-46-41-19-13-11-16-33(41)25-26-42(46)49-54-47-43(28-38(51(4,5)6)30-45(47)56-49)35-23-21-34(22-24-35)40-20-14-17-32-15-10-12-18-39(32)40/h10-31,55H,1-9H3. The summed E-state index contributed by atoms with van der Waals surface area (Å²) in [5.74, 6) is 0.279. The summed E-state index contributed by atoms with van der Waals surface area (Å²) in [6, 6.07) is 45.6. The van der Waals surface area contributed by atoms with E-state index in [0.717, 1.165) is 59.5 Å². The van der Waals surface area contributed by atoms with Crippen molar-refractivity contribution in [1.82, 2.24) is 4.98 Å². The summed E-state index contributed by atoms with van der Waals surface area (Å²) < 4.78 is 1.15. The molecule has 0 fully saturated rings. The minimum Gasteiger partial charge on any atom is -0.507 e. The normalized spacial score (nSPS) is 12.7. The van der Waals surface area contributed by atoms with Gasteiger partial charge in [-0.3, -0.25) is 4.99 Å². The first-order valence-corrected chi connectivity index (χ1v) is 20.4. The number of thiazole rings is 1. The maximum atomic E-state index is 11.6. The van der Waals surface area contributed by atoms with Crippen molar-refractivity contribution < 1.29 is 5.11 Å². The molecule has 0 aliphatic carbocycles. The summed E-state index contributed by atoms with van der Waals surface area (Å²) in [4.78, 5) is 10.7. The molecule has 1 heterocycles. The third-order valence-corrected chi connectivity index (χ3v) is 12.0. The van der Waals surface area contributed by atoms with Crippen LogP contribution >= 0.6 is 11.3 Å². The van der Waals surface area contributed by atoms with E-state index in [1.807, 2.05) is 6.21 Å². The second-order valence-corrected chi connectivity index (χ2v) is 19.2. The number of phenolic OH excluding ortho intramolecular Hbond substituents is 1. The van der Waals surface area contributed by atoms with E-state index in [4.69, 9.17) is 9.98 Å². The van der Waals surface area contributed by atoms with Crippen molar-refractivity contribution in [3.63, 3.8) is 0 Å². The number of phenols is 1. The number of hydrogen-bond donors (Lipinski definition) is 1. The van der Waals surface area contributed by atoms with E-state index in [1.54, 1.807) is 11.3 Å². The molecule has 0 spiro atoms. The van der Waals surface area contributed by atoms with Crippen LogP contribution in [0.2, 0.25) is 0 Å². The number of hydrogen-bond acceptors (Lipinski definition) is 4. The highest BCUT2D eigenvalue weighted by Crippen LogP contribution is 2.45. The van der Waals surface area contributed by atoms with Gasteiger partial charge >= 0.3 is 0 Å². The Kier molecular flexibility index (Phi) is 9.25. The molecule has 7 aromatic carbocycles. The second-order valence-electron chi connectivity index (χ2n) is 18.1. The van der Waals surface area contributed by atoms with Gasteiger partial charge in [-0.25, -0.2) is 4.98 Å². The molecule has 56 heavy (non-hydrogen) atoms. The summed E-state index contributed by atoms with van der Waals surface area (Å²) in [5.41, 5.74) is 11.2. The molecule has 3 nitrogen and oxygen atoms in total. The number of nitrogens with zero attached hydrogens (tertiary/aromatic N) is 2. The molecule has 1 N–H and O–H groups in total. The van der Waals surface area contributed by atoms with Gasteiger partial charge in [-0.1, -0.05) is 165 Å². The van der Waals surface area contributed by atoms with Crippen molar-refractivity contribution in [2.24, 2.45) is 4.99 Å². The second kappa shape index (κ2) is 13.9. The molecule has 4 heteroatoms. The molecule has 0 radical (unpaired) electrons. The van der Waals surface area contributed by atoms with Crippen molar-refractivity contribution in [2.75, 3.05) is 0 Å². The summed E-state index contributed by atoms with van der Waals surface area (Å²) >= 11 is 1.72. The molecule has 0 saturated heterocycles. The van der Waals surface area contributed by atoms with Crippen LogP contribution in [-0.4, -0.2) is 16.3 Å². The van der Waals surface area contributed by atoms with E-state index < -0.39 is 0 Å². The van der Waals surface area contributed by atoms with Crippen molar-refractivity contribution in [2.45, 2.75) is 78.6 Å². The maximum Gasteiger partial charge on any atom is 0.128 e. The summed E-state index contributed by atoms with van der Waals surface area (Å²) in [6.45, 7) is 19.9. The van der Waals surface area contributed by atoms with Gasteiger partial charge in [0.2, 0.25) is 0 Å². The fraction of sp³-hybridized carbons (Fsp3) is 0.231. The van der Waals surface area contributed by atoms with Crippen LogP contribution in [0, 0.1) is 0 Å². The molecule has 1 aromatic heterocycles. The number of aromatic nitrogens is 1. The van der Waals surface area contributed by atoms with Crippen LogP contribution in [0.3, 0.4) is 0 Å². The quantitative estimate of drug-likeness (QED) is 0.178. The molecule has 8 aromatic rings. The smallest absolute Gasteiger partial charge is 0.128 e. The lowest BCUT2D eigenvalue weighted by atomic mass is 9.79. The lowest BCUT2D eigenvalue weighted by Gasteiger charge is -2.27. The van der Waals surface area contributed by atoms with Crippen LogP contribution in [0.4, 0.5) is 5.69 Å². The topological polar surface area (TPSA) is 45.5 Å². The highest BCUT2D eigenvalue weighted by molar-refractivity contribution is 7.21. The molecule has 0 aliphatic heterocycles. The average molecular weight is 751 g/mol. The van der Waals surface area contributed by atoms with Gasteiger partial charge in [0.25, 0.3) is 0 Å². The van der Waals surface area contributed by atoms with Gasteiger partial charge in [-0.15, -0.1) is 11.3 Å². The minimum atomic E-state index is -0.237. The van der Waals surface area contributed by atoms with Gasteiger partial charge in [0, 0.05) is 33.9 Å². The van der Waals surface area contributed by atoms with Crippen LogP contribution in [0.25, 0.3) is 64.6 Å². The Morgan fingerprint density at radius 2 is 1.14 bits per heavy atom. The molecular formula is C52H50N2OS. The minimum absolute atomic E-state index is 0.0517. The van der Waals surface area contributed by atoms with Crippen molar-refractivity contribution in [3.8, 4) is 38.6 Å². The van der Waals surface area contributed by atoms with Gasteiger partial charge in [-0.05, 0) is 84.5 Å². The lowest BCUT2D eigenvalue weighted by Crippen LogP contribution is -2.17. The molecule has 280 valence electrons. The first-order valence-electron chi connectivity index (χ1n) is 19.5. The van der Waals surface area contributed by atoms with Crippen molar-refractivity contribution >= 4 is 55.0 Å². The number of rotatable bonds is 5. The van der Waals surface area contributed by atoms with E-state index >= 15 is 0 Å². The third kappa shape index (κ3) is 7.03. The first-order chi connectivity index (χ1) is 26.6. The highest BCUT2D eigenvalue weighted by Gasteiger charge is 2.25. The Morgan fingerprint density at radius 3 is 1.80 bits per heavy atom. The Bertz CT molecular complexity index is 2800. The van der Waals surface area contributed by atoms with E-state index in [9.17, 15) is 5.11 Å². The fourth-order valence-electron chi connectivity index (χ4n) is 7.57. The molecule has 0 aliphatic rings. The van der Waals surface area contributed by atoms with Crippen molar-refractivity contribution in [1.29, 1.82) is 0 Å². The van der Waals surface area contributed by atoms with Gasteiger partial charge in [-0.2, -0.15) is 0 Å². The monoisotopic (exact) mass is 750 g/mol. The SMILES string of the molecule is CC(C)(C)c1cc(C=Nc2c(-c3nc4c(-c5ccc(-c6cccc7ccccc67)cc5)cc(C(C)(C)C)cc4s3)ccc3ccccc23)c(O)c(C(C)(C)C)c1. The molecule has 0 bridgehead atoms. The molecular weight excluding hydrogens is 701 g/mol. The van der Waals surface area contributed by atoms with Gasteiger partial charge in [0.15, 0.2) is 0 Å². The zero-order valence-electron chi connectivity index (χ0n) is 34.0. The third-order valence-electron chi connectivity index (χ3n) is 10.9. The fourth-order valence-corrected chi connectivity index (χ4v) is 8.62. The highest BCUT2D eigenvalue weighted by atomic mass is 32.1. The predicted octanol–water partition coefficient (Wildman–Crippen LogP) is 15.0. The lowest BCUT2D eigenvalue weighted by molar-refractivity contribution is 0.444. The molecule has 0 saturated carbocycles. The maximum absolute atomic E-state index is 11.6. The van der Waals surface area contributed by atoms with E-state index in [-0.39, 0.29) is 22.0 Å². The largest absolute Gasteiger partial charge is 0.507 e. The van der Waals surface area contributed by atoms with E-state index in [2.05, 4.69) is 190 Å². The van der Waals surface area contributed by atoms with Crippen LogP contribution in [-0.2, 0) is 16.2 Å². The van der Waals surface area contributed by atoms with Crippen LogP contribution in [0.1, 0.15) is 84.6 Å². The van der Waals surface area contributed by atoms with Crippen LogP contribution < -0.4 is 0 Å². The molecule has 0 amide bonds. The number of aliphatic imine (C=N–C) groups is 1. The van der Waals surface area contributed by atoms with E-state index in [0.29, 0.717) is 0 Å². The van der Waals surface area contributed by atoms with Crippen LogP contribution in [0.15, 0.2) is 132 Å². The number of fused-ring (bicyclic) bond motifs is 3. The van der Waals surface area contributed by atoms with Crippen molar-refractivity contribution in [3.05, 3.63) is 150 Å². The number of benzene rings is 7. The average Bonchev–Trinajstić information content (AvgIpc) is 3.60.